The van der Waals surface area contributed by atoms with Crippen LogP contribution in [0.3, 0.4) is 0 Å². The largest absolute Gasteiger partial charge is 0.451 e. The zero-order chi connectivity index (χ0) is 11.7. The van der Waals surface area contributed by atoms with Crippen LogP contribution in [0.15, 0.2) is 23.2 Å². The lowest BCUT2D eigenvalue weighted by Gasteiger charge is -1.97. The molecule has 0 aliphatic heterocycles. The highest BCUT2D eigenvalue weighted by atomic mass is 35.5. The van der Waals surface area contributed by atoms with Gasteiger partial charge in [-0.05, 0) is 12.1 Å². The number of fused-ring (bicyclic) bond motifs is 1. The van der Waals surface area contributed by atoms with E-state index in [1.165, 1.54) is 23.1 Å². The van der Waals surface area contributed by atoms with Crippen molar-refractivity contribution < 1.29 is 9.53 Å². The van der Waals surface area contributed by atoms with Crippen molar-refractivity contribution in [1.82, 2.24) is 4.68 Å². The molecule has 16 heavy (non-hydrogen) atoms. The van der Waals surface area contributed by atoms with Crippen LogP contribution in [-0.2, 0) is 4.74 Å². The molecule has 0 aliphatic carbocycles. The number of thiazole rings is 1. The van der Waals surface area contributed by atoms with Gasteiger partial charge in [-0.1, -0.05) is 29.0 Å². The Bertz CT molecular complexity index is 617. The molecule has 2 rings (SSSR count). The van der Waals surface area contributed by atoms with E-state index >= 15 is 0 Å². The number of methoxy groups -OCH3 is 1. The fourth-order valence-electron chi connectivity index (χ4n) is 1.26. The molecule has 1 heterocycles. The van der Waals surface area contributed by atoms with Crippen LogP contribution >= 0.6 is 22.9 Å². The lowest BCUT2D eigenvalue weighted by Crippen LogP contribution is -2.23. The second-order valence-corrected chi connectivity index (χ2v) is 4.34. The maximum absolute atomic E-state index is 11.0. The Balaban J connectivity index is 2.75. The maximum atomic E-state index is 11.0. The van der Waals surface area contributed by atoms with E-state index in [9.17, 15) is 4.79 Å². The summed E-state index contributed by atoms with van der Waals surface area (Å²) in [7, 11) is 1.26. The molecule has 0 aliphatic rings. The van der Waals surface area contributed by atoms with Gasteiger partial charge in [0.25, 0.3) is 0 Å². The number of para-hydroxylation sites is 1. The summed E-state index contributed by atoms with van der Waals surface area (Å²) in [6.45, 7) is 0. The molecule has 0 unspecified atom stereocenters. The number of rotatable bonds is 0. The summed E-state index contributed by atoms with van der Waals surface area (Å²) in [5, 5.41) is 0.516. The van der Waals surface area contributed by atoms with Gasteiger partial charge in [0, 0.05) is 0 Å². The van der Waals surface area contributed by atoms with Crippen molar-refractivity contribution >= 4 is 39.2 Å². The lowest BCUT2D eigenvalue weighted by molar-refractivity contribution is 0.181. The normalized spacial score (nSPS) is 12.0. The SMILES string of the molecule is COC(=O)N=c1sc2cccc(Cl)c2n1N. The summed E-state index contributed by atoms with van der Waals surface area (Å²) in [5.74, 6) is 5.78. The molecule has 5 nitrogen and oxygen atoms in total. The van der Waals surface area contributed by atoms with E-state index in [2.05, 4.69) is 9.73 Å². The van der Waals surface area contributed by atoms with Crippen LogP contribution in [0.25, 0.3) is 10.2 Å². The third-order valence-corrected chi connectivity index (χ3v) is 3.28. The van der Waals surface area contributed by atoms with Crippen LogP contribution in [-0.4, -0.2) is 17.9 Å². The van der Waals surface area contributed by atoms with Crippen molar-refractivity contribution in [3.8, 4) is 0 Å². The summed E-state index contributed by atoms with van der Waals surface area (Å²) in [6.07, 6.45) is -0.693. The van der Waals surface area contributed by atoms with Crippen molar-refractivity contribution in [3.05, 3.63) is 28.0 Å². The molecule has 7 heteroatoms. The molecule has 2 N–H and O–H groups in total. The molecule has 1 amide bonds. The number of hydrogen-bond donors (Lipinski definition) is 1. The predicted octanol–water partition coefficient (Wildman–Crippen LogP) is 1.74. The fourth-order valence-corrected chi connectivity index (χ4v) is 2.54. The second-order valence-electron chi connectivity index (χ2n) is 2.92. The molecule has 0 spiro atoms. The average molecular weight is 258 g/mol. The molecule has 0 saturated carbocycles. The predicted molar refractivity (Wildman–Crippen MR) is 62.9 cm³/mol. The van der Waals surface area contributed by atoms with Crippen LogP contribution < -0.4 is 10.6 Å². The number of ether oxygens (including phenoxy) is 1. The number of nitrogens with two attached hydrogens (primary N) is 1. The number of hydrogen-bond acceptors (Lipinski definition) is 4. The van der Waals surface area contributed by atoms with E-state index in [0.717, 1.165) is 4.70 Å². The van der Waals surface area contributed by atoms with Crippen LogP contribution in [0.1, 0.15) is 0 Å². The number of nitrogens with zero attached hydrogens (tertiary/aromatic N) is 2. The first-order valence-corrected chi connectivity index (χ1v) is 5.50. The van der Waals surface area contributed by atoms with Crippen molar-refractivity contribution in [2.75, 3.05) is 13.0 Å². The van der Waals surface area contributed by atoms with Gasteiger partial charge in [-0.25, -0.2) is 9.47 Å². The van der Waals surface area contributed by atoms with E-state index in [1.807, 2.05) is 12.1 Å². The van der Waals surface area contributed by atoms with Crippen molar-refractivity contribution in [2.24, 2.45) is 4.99 Å². The number of benzene rings is 1. The Labute approximate surface area is 99.7 Å². The third-order valence-electron chi connectivity index (χ3n) is 1.96. The number of amides is 1. The maximum Gasteiger partial charge on any atom is 0.436 e. The van der Waals surface area contributed by atoms with Gasteiger partial charge in [0.15, 0.2) is 0 Å². The molecule has 0 atom stereocenters. The van der Waals surface area contributed by atoms with E-state index in [4.69, 9.17) is 17.4 Å². The molecule has 1 aromatic carbocycles. The molecule has 1 aromatic heterocycles. The Morgan fingerprint density at radius 2 is 2.38 bits per heavy atom. The van der Waals surface area contributed by atoms with Crippen LogP contribution in [0.2, 0.25) is 5.02 Å². The molecule has 0 saturated heterocycles. The van der Waals surface area contributed by atoms with Crippen LogP contribution in [0.5, 0.6) is 0 Å². The number of nitrogen functional groups attached to an aromatic ring is 1. The van der Waals surface area contributed by atoms with E-state index in [-0.39, 0.29) is 0 Å². The van der Waals surface area contributed by atoms with Crippen molar-refractivity contribution in [3.63, 3.8) is 0 Å². The van der Waals surface area contributed by atoms with Gasteiger partial charge in [0.1, 0.15) is 5.52 Å². The summed E-state index contributed by atoms with van der Waals surface area (Å²) in [4.78, 5) is 15.0. The summed E-state index contributed by atoms with van der Waals surface area (Å²) < 4.78 is 6.57. The zero-order valence-corrected chi connectivity index (χ0v) is 9.88. The molecular formula is C9H8ClN3O2S. The first-order valence-electron chi connectivity index (χ1n) is 4.31. The topological polar surface area (TPSA) is 69.6 Å². The zero-order valence-electron chi connectivity index (χ0n) is 8.31. The second kappa shape index (κ2) is 4.15. The fraction of sp³-hybridized carbons (Fsp3) is 0.111. The first kappa shape index (κ1) is 11.0. The summed E-state index contributed by atoms with van der Waals surface area (Å²) in [6, 6.07) is 5.39. The number of carbonyl (C=O) groups excluding carboxylic acids is 1. The van der Waals surface area contributed by atoms with E-state index in [0.29, 0.717) is 15.3 Å². The number of halogens is 1. The van der Waals surface area contributed by atoms with Gasteiger partial charge >= 0.3 is 6.09 Å². The highest BCUT2D eigenvalue weighted by Crippen LogP contribution is 2.23. The Kier molecular flexibility index (Phi) is 2.84. The quantitative estimate of drug-likeness (QED) is 0.731. The average Bonchev–Trinajstić information content (AvgIpc) is 2.57. The van der Waals surface area contributed by atoms with Gasteiger partial charge in [0.05, 0.1) is 16.8 Å². The summed E-state index contributed by atoms with van der Waals surface area (Å²) >= 11 is 7.26. The van der Waals surface area contributed by atoms with Gasteiger partial charge < -0.3 is 10.6 Å². The first-order chi connectivity index (χ1) is 7.63. The molecule has 0 radical (unpaired) electrons. The van der Waals surface area contributed by atoms with E-state index < -0.39 is 6.09 Å². The van der Waals surface area contributed by atoms with Gasteiger partial charge in [-0.15, -0.1) is 4.99 Å². The Morgan fingerprint density at radius 3 is 3.00 bits per heavy atom. The van der Waals surface area contributed by atoms with Gasteiger partial charge in [-0.2, -0.15) is 0 Å². The lowest BCUT2D eigenvalue weighted by atomic mass is 10.3. The van der Waals surface area contributed by atoms with Gasteiger partial charge in [-0.3, -0.25) is 0 Å². The minimum Gasteiger partial charge on any atom is -0.451 e. The minimum atomic E-state index is -0.693. The van der Waals surface area contributed by atoms with Gasteiger partial charge in [0.2, 0.25) is 4.80 Å². The third kappa shape index (κ3) is 1.77. The molecule has 2 aromatic rings. The Hall–Kier alpha value is -1.53. The summed E-state index contributed by atoms with van der Waals surface area (Å²) in [5.41, 5.74) is 0.650. The standard InChI is InChI=1S/C9H8ClN3O2S/c1-15-9(14)12-8-13(11)7-5(10)3-2-4-6(7)16-8/h2-4H,11H2,1H3. The molecular weight excluding hydrogens is 250 g/mol. The minimum absolute atomic E-state index is 0.343. The van der Waals surface area contributed by atoms with Crippen LogP contribution in [0, 0.1) is 0 Å². The highest BCUT2D eigenvalue weighted by Gasteiger charge is 2.08. The number of aromatic nitrogens is 1. The molecule has 0 bridgehead atoms. The van der Waals surface area contributed by atoms with E-state index in [1.54, 1.807) is 6.07 Å². The highest BCUT2D eigenvalue weighted by molar-refractivity contribution is 7.16. The monoisotopic (exact) mass is 257 g/mol. The van der Waals surface area contributed by atoms with Crippen molar-refractivity contribution in [2.45, 2.75) is 0 Å². The smallest absolute Gasteiger partial charge is 0.436 e. The molecule has 84 valence electrons. The Morgan fingerprint density at radius 1 is 1.62 bits per heavy atom. The van der Waals surface area contributed by atoms with Crippen molar-refractivity contribution in [1.29, 1.82) is 0 Å². The molecule has 0 fully saturated rings. The van der Waals surface area contributed by atoms with Crippen LogP contribution in [0.4, 0.5) is 4.79 Å². The number of carbonyl (C=O) groups is 1.